The van der Waals surface area contributed by atoms with Gasteiger partial charge in [-0.05, 0) is 79.3 Å². The van der Waals surface area contributed by atoms with Crippen LogP contribution in [0.2, 0.25) is 0 Å². The average molecular weight is 635 g/mol. The maximum atomic E-state index is 6.57. The molecule has 0 radical (unpaired) electrons. The summed E-state index contributed by atoms with van der Waals surface area (Å²) >= 11 is 0. The highest BCUT2D eigenvalue weighted by Crippen LogP contribution is 2.40. The molecule has 4 nitrogen and oxygen atoms in total. The zero-order chi connectivity index (χ0) is 33.3. The van der Waals surface area contributed by atoms with Crippen LogP contribution in [0.4, 0.5) is 0 Å². The molecule has 2 aromatic heterocycles. The van der Waals surface area contributed by atoms with Crippen LogP contribution >= 0.6 is 0 Å². The lowest BCUT2D eigenvalue weighted by Crippen LogP contribution is -2.41. The number of aromatic nitrogens is 2. The molecular weight excluding hydrogens is 599 g/mol. The van der Waals surface area contributed by atoms with E-state index in [2.05, 4.69) is 155 Å². The molecule has 1 aliphatic rings. The predicted octanol–water partition coefficient (Wildman–Crippen LogP) is 10.4. The highest BCUT2D eigenvalue weighted by atomic mass is 16.7. The van der Waals surface area contributed by atoms with Crippen molar-refractivity contribution in [1.82, 2.24) is 9.97 Å². The lowest BCUT2D eigenvalue weighted by atomic mass is 9.76. The molecule has 0 bridgehead atoms. The van der Waals surface area contributed by atoms with Crippen LogP contribution in [0.15, 0.2) is 140 Å². The van der Waals surface area contributed by atoms with Gasteiger partial charge >= 0.3 is 7.12 Å². The molecule has 8 aromatic rings. The van der Waals surface area contributed by atoms with Gasteiger partial charge in [0.2, 0.25) is 0 Å². The Hall–Kier alpha value is -5.36. The smallest absolute Gasteiger partial charge is 0.399 e. The molecule has 0 atom stereocenters. The fraction of sp³-hybridized carbons (Fsp3) is 0.136. The zero-order valence-corrected chi connectivity index (χ0v) is 28.1. The number of hydrogen-bond donors (Lipinski definition) is 0. The van der Waals surface area contributed by atoms with Crippen LogP contribution in [0, 0.1) is 0 Å². The monoisotopic (exact) mass is 634 g/mol. The summed E-state index contributed by atoms with van der Waals surface area (Å²) in [6.45, 7) is 8.37. The minimum absolute atomic E-state index is 0.459. The largest absolute Gasteiger partial charge is 0.494 e. The first-order valence-electron chi connectivity index (χ1n) is 16.9. The average Bonchev–Trinajstić information content (AvgIpc) is 3.36. The molecule has 1 aliphatic heterocycles. The lowest BCUT2D eigenvalue weighted by molar-refractivity contribution is 0.00578. The van der Waals surface area contributed by atoms with E-state index in [4.69, 9.17) is 19.3 Å². The van der Waals surface area contributed by atoms with E-state index in [1.54, 1.807) is 0 Å². The van der Waals surface area contributed by atoms with Crippen LogP contribution in [0.3, 0.4) is 0 Å². The number of nitrogens with zero attached hydrogens (tertiary/aromatic N) is 2. The Morgan fingerprint density at radius 2 is 1.14 bits per heavy atom. The first-order valence-corrected chi connectivity index (χ1v) is 16.9. The van der Waals surface area contributed by atoms with Gasteiger partial charge in [-0.25, -0.2) is 9.97 Å². The summed E-state index contributed by atoms with van der Waals surface area (Å²) in [4.78, 5) is 10.4. The number of pyridine rings is 2. The maximum absolute atomic E-state index is 6.57. The van der Waals surface area contributed by atoms with Crippen molar-refractivity contribution in [3.63, 3.8) is 0 Å². The molecule has 3 heterocycles. The molecule has 0 spiro atoms. The number of benzene rings is 6. The summed E-state index contributed by atoms with van der Waals surface area (Å²) in [5, 5.41) is 7.06. The number of para-hydroxylation sites is 1. The molecule has 1 fully saturated rings. The molecule has 1 saturated heterocycles. The van der Waals surface area contributed by atoms with Crippen molar-refractivity contribution in [3.05, 3.63) is 140 Å². The maximum Gasteiger partial charge on any atom is 0.494 e. The van der Waals surface area contributed by atoms with E-state index >= 15 is 0 Å². The van der Waals surface area contributed by atoms with Crippen LogP contribution < -0.4 is 5.46 Å². The highest BCUT2D eigenvalue weighted by Gasteiger charge is 2.51. The Labute approximate surface area is 286 Å². The van der Waals surface area contributed by atoms with Crippen molar-refractivity contribution in [2.45, 2.75) is 38.9 Å². The van der Waals surface area contributed by atoms with Crippen molar-refractivity contribution in [3.8, 4) is 33.6 Å². The summed E-state index contributed by atoms with van der Waals surface area (Å²) in [5.41, 5.74) is 8.08. The molecule has 0 unspecified atom stereocenters. The topological polar surface area (TPSA) is 44.2 Å². The standard InChI is InChI=1S/C44H35BN2O2/c1-43(2)44(3,4)49-45(48-43)34-25-32(24-33(26-34)39-23-20-29-13-9-11-17-38(29)46-39)31-19-21-36-40(27-31)47-42(30-14-6-5-7-15-30)37-22-18-28-12-8-10-16-35(28)41(36)37/h5-27H,1-4H3. The molecular formula is C44H35BN2O2. The number of fused-ring (bicyclic) bond motifs is 6. The van der Waals surface area contributed by atoms with Gasteiger partial charge in [0, 0.05) is 32.7 Å². The third kappa shape index (κ3) is 5.00. The van der Waals surface area contributed by atoms with Gasteiger partial charge in [0.15, 0.2) is 0 Å². The molecule has 236 valence electrons. The van der Waals surface area contributed by atoms with E-state index < -0.39 is 18.3 Å². The van der Waals surface area contributed by atoms with Gasteiger partial charge in [-0.3, -0.25) is 0 Å². The van der Waals surface area contributed by atoms with Crippen LogP contribution in [0.1, 0.15) is 27.7 Å². The van der Waals surface area contributed by atoms with Crippen molar-refractivity contribution >= 4 is 55.9 Å². The quantitative estimate of drug-likeness (QED) is 0.143. The molecule has 0 N–H and O–H groups in total. The van der Waals surface area contributed by atoms with Gasteiger partial charge in [-0.15, -0.1) is 0 Å². The summed E-state index contributed by atoms with van der Waals surface area (Å²) in [5.74, 6) is 0. The second-order valence-electron chi connectivity index (χ2n) is 14.1. The fourth-order valence-corrected chi connectivity index (χ4v) is 7.08. The highest BCUT2D eigenvalue weighted by molar-refractivity contribution is 6.62. The molecule has 0 saturated carbocycles. The van der Waals surface area contributed by atoms with Gasteiger partial charge in [0.1, 0.15) is 0 Å². The van der Waals surface area contributed by atoms with Gasteiger partial charge in [0.05, 0.1) is 33.6 Å². The summed E-state index contributed by atoms with van der Waals surface area (Å²) in [7, 11) is -0.511. The Morgan fingerprint density at radius 1 is 0.469 bits per heavy atom. The third-order valence-corrected chi connectivity index (χ3v) is 10.4. The lowest BCUT2D eigenvalue weighted by Gasteiger charge is -2.32. The van der Waals surface area contributed by atoms with Crippen LogP contribution in [-0.2, 0) is 9.31 Å². The second kappa shape index (κ2) is 11.1. The summed E-state index contributed by atoms with van der Waals surface area (Å²) < 4.78 is 13.1. The SMILES string of the molecule is CC1(C)OB(c2cc(-c3ccc4c(c3)nc(-c3ccccc3)c3ccc5ccccc5c34)cc(-c3ccc4ccccc4n3)c2)OC1(C)C. The third-order valence-electron chi connectivity index (χ3n) is 10.4. The van der Waals surface area contributed by atoms with Crippen LogP contribution in [0.25, 0.3) is 77.0 Å². The Kier molecular flexibility index (Phi) is 6.74. The van der Waals surface area contributed by atoms with Crippen molar-refractivity contribution in [2.24, 2.45) is 0 Å². The van der Waals surface area contributed by atoms with Gasteiger partial charge < -0.3 is 9.31 Å². The summed E-state index contributed by atoms with van der Waals surface area (Å²) in [6.07, 6.45) is 0. The van der Waals surface area contributed by atoms with Crippen LogP contribution in [0.5, 0.6) is 0 Å². The Balaban J connectivity index is 1.27. The summed E-state index contributed by atoms with van der Waals surface area (Å²) in [6, 6.07) is 49.3. The Bertz CT molecular complexity index is 2560. The molecule has 0 aliphatic carbocycles. The normalized spacial score (nSPS) is 15.5. The molecule has 6 aromatic carbocycles. The van der Waals surface area contributed by atoms with Crippen molar-refractivity contribution in [1.29, 1.82) is 0 Å². The number of rotatable bonds is 4. The van der Waals surface area contributed by atoms with E-state index in [9.17, 15) is 0 Å². The van der Waals surface area contributed by atoms with E-state index in [0.717, 1.165) is 66.3 Å². The van der Waals surface area contributed by atoms with E-state index in [1.165, 1.54) is 16.2 Å². The molecule has 5 heteroatoms. The fourth-order valence-electron chi connectivity index (χ4n) is 7.08. The minimum Gasteiger partial charge on any atom is -0.399 e. The zero-order valence-electron chi connectivity index (χ0n) is 28.1. The van der Waals surface area contributed by atoms with E-state index in [1.807, 2.05) is 12.1 Å². The van der Waals surface area contributed by atoms with Crippen molar-refractivity contribution < 1.29 is 9.31 Å². The molecule has 0 amide bonds. The first-order chi connectivity index (χ1) is 23.7. The van der Waals surface area contributed by atoms with Crippen LogP contribution in [-0.4, -0.2) is 28.3 Å². The molecule has 49 heavy (non-hydrogen) atoms. The van der Waals surface area contributed by atoms with Crippen molar-refractivity contribution in [2.75, 3.05) is 0 Å². The van der Waals surface area contributed by atoms with E-state index in [0.29, 0.717) is 0 Å². The number of hydrogen-bond acceptors (Lipinski definition) is 4. The molecule has 9 rings (SSSR count). The first kappa shape index (κ1) is 29.8. The van der Waals surface area contributed by atoms with Gasteiger partial charge in [-0.1, -0.05) is 115 Å². The van der Waals surface area contributed by atoms with Gasteiger partial charge in [-0.2, -0.15) is 0 Å². The minimum atomic E-state index is -0.511. The second-order valence-corrected chi connectivity index (χ2v) is 14.1. The predicted molar refractivity (Wildman–Crippen MR) is 204 cm³/mol. The van der Waals surface area contributed by atoms with Gasteiger partial charge in [0.25, 0.3) is 0 Å². The van der Waals surface area contributed by atoms with E-state index in [-0.39, 0.29) is 0 Å². The Morgan fingerprint density at radius 3 is 1.96 bits per heavy atom.